The molecule has 9 heteroatoms. The number of hydrogen-bond acceptors (Lipinski definition) is 7. The van der Waals surface area contributed by atoms with Gasteiger partial charge in [-0.15, -0.1) is 11.3 Å². The van der Waals surface area contributed by atoms with Crippen LogP contribution in [0.2, 0.25) is 0 Å². The molecule has 3 rings (SSSR count). The summed E-state index contributed by atoms with van der Waals surface area (Å²) in [5.41, 5.74) is -0.646. The lowest BCUT2D eigenvalue weighted by Gasteiger charge is -2.23. The number of hydrogen-bond donors (Lipinski definition) is 1. The average molecular weight is 369 g/mol. The quantitative estimate of drug-likeness (QED) is 0.833. The Balaban J connectivity index is 1.46. The van der Waals surface area contributed by atoms with Gasteiger partial charge in [0.05, 0.1) is 21.9 Å². The Bertz CT molecular complexity index is 814. The van der Waals surface area contributed by atoms with E-state index in [2.05, 4.69) is 15.5 Å². The third-order valence-electron chi connectivity index (χ3n) is 3.95. The van der Waals surface area contributed by atoms with Crippen LogP contribution in [-0.2, 0) is 21.1 Å². The molecule has 1 unspecified atom stereocenters. The fourth-order valence-electron chi connectivity index (χ4n) is 2.77. The van der Waals surface area contributed by atoms with Crippen molar-refractivity contribution in [2.45, 2.75) is 38.1 Å². The molecule has 2 aromatic heterocycles. The lowest BCUT2D eigenvalue weighted by atomic mass is 10.0. The molecule has 130 valence electrons. The third-order valence-corrected chi connectivity index (χ3v) is 6.72. The van der Waals surface area contributed by atoms with Gasteiger partial charge >= 0.3 is 0 Å². The number of sulfone groups is 1. The molecule has 0 aliphatic carbocycles. The lowest BCUT2D eigenvalue weighted by Crippen LogP contribution is -2.46. The summed E-state index contributed by atoms with van der Waals surface area (Å²) in [7, 11) is -3.03. The number of amides is 1. The van der Waals surface area contributed by atoms with Gasteiger partial charge in [0.25, 0.3) is 0 Å². The van der Waals surface area contributed by atoms with E-state index < -0.39 is 15.4 Å². The summed E-state index contributed by atoms with van der Waals surface area (Å²) in [6, 6.07) is 3.84. The predicted molar refractivity (Wildman–Crippen MR) is 90.4 cm³/mol. The largest absolute Gasteiger partial charge is 0.350 e. The number of carbonyl (C=O) groups excluding carboxylic acids is 1. The molecule has 7 nitrogen and oxygen atoms in total. The summed E-state index contributed by atoms with van der Waals surface area (Å²) in [5, 5.41) is 8.71. The minimum absolute atomic E-state index is 0.0135. The summed E-state index contributed by atoms with van der Waals surface area (Å²) in [4.78, 5) is 17.3. The Morgan fingerprint density at radius 1 is 1.50 bits per heavy atom. The van der Waals surface area contributed by atoms with Crippen LogP contribution in [0, 0.1) is 0 Å². The van der Waals surface area contributed by atoms with Gasteiger partial charge in [-0.2, -0.15) is 4.98 Å². The zero-order valence-corrected chi connectivity index (χ0v) is 15.0. The van der Waals surface area contributed by atoms with Gasteiger partial charge in [-0.25, -0.2) is 8.42 Å². The smallest absolute Gasteiger partial charge is 0.226 e. The second-order valence-corrected chi connectivity index (χ2v) is 9.43. The minimum atomic E-state index is -3.03. The van der Waals surface area contributed by atoms with E-state index in [9.17, 15) is 13.2 Å². The van der Waals surface area contributed by atoms with Crippen LogP contribution in [-0.4, -0.2) is 41.5 Å². The Morgan fingerprint density at radius 2 is 2.33 bits per heavy atom. The Hall–Kier alpha value is -1.74. The molecule has 0 saturated carbocycles. The number of rotatable bonds is 6. The van der Waals surface area contributed by atoms with Crippen LogP contribution in [0.3, 0.4) is 0 Å². The van der Waals surface area contributed by atoms with Crippen molar-refractivity contribution < 1.29 is 17.7 Å². The van der Waals surface area contributed by atoms with Crippen molar-refractivity contribution >= 4 is 27.1 Å². The molecule has 1 fully saturated rings. The van der Waals surface area contributed by atoms with Gasteiger partial charge in [0.1, 0.15) is 0 Å². The van der Waals surface area contributed by atoms with Gasteiger partial charge in [-0.05, 0) is 31.2 Å². The van der Waals surface area contributed by atoms with Crippen LogP contribution in [0.5, 0.6) is 0 Å². The van der Waals surface area contributed by atoms with Gasteiger partial charge in [-0.3, -0.25) is 4.79 Å². The molecule has 1 aliphatic heterocycles. The normalized spacial score (nSPS) is 22.5. The van der Waals surface area contributed by atoms with Crippen LogP contribution in [0.25, 0.3) is 10.7 Å². The molecule has 1 aliphatic rings. The Kier molecular flexibility index (Phi) is 4.73. The summed E-state index contributed by atoms with van der Waals surface area (Å²) in [5.74, 6) is 1.07. The molecule has 2 aromatic rings. The number of aryl methyl sites for hydroxylation is 1. The van der Waals surface area contributed by atoms with E-state index in [-0.39, 0.29) is 17.4 Å². The molecular weight excluding hydrogens is 350 g/mol. The molecule has 0 aromatic carbocycles. The molecular formula is C15H19N3O4S2. The summed E-state index contributed by atoms with van der Waals surface area (Å²) in [6.45, 7) is 1.78. The van der Waals surface area contributed by atoms with Crippen molar-refractivity contribution in [1.29, 1.82) is 0 Å². The predicted octanol–water partition coefficient (Wildman–Crippen LogP) is 1.81. The van der Waals surface area contributed by atoms with Crippen LogP contribution >= 0.6 is 11.3 Å². The van der Waals surface area contributed by atoms with Gasteiger partial charge in [-0.1, -0.05) is 11.2 Å². The third kappa shape index (κ3) is 4.21. The average Bonchev–Trinajstić information content (AvgIpc) is 3.19. The minimum Gasteiger partial charge on any atom is -0.350 e. The second kappa shape index (κ2) is 6.64. The number of aromatic nitrogens is 2. The van der Waals surface area contributed by atoms with Crippen LogP contribution in [0.1, 0.15) is 32.1 Å². The maximum absolute atomic E-state index is 12.0. The van der Waals surface area contributed by atoms with Crippen molar-refractivity contribution in [2.24, 2.45) is 0 Å². The highest BCUT2D eigenvalue weighted by atomic mass is 32.2. The maximum atomic E-state index is 12.0. The summed E-state index contributed by atoms with van der Waals surface area (Å²) in [6.07, 6.45) is 1.85. The lowest BCUT2D eigenvalue weighted by molar-refractivity contribution is -0.122. The van der Waals surface area contributed by atoms with E-state index in [4.69, 9.17) is 4.52 Å². The molecule has 0 radical (unpaired) electrons. The number of carbonyl (C=O) groups is 1. The van der Waals surface area contributed by atoms with Gasteiger partial charge in [0.15, 0.2) is 9.84 Å². The molecule has 1 saturated heterocycles. The molecule has 1 N–H and O–H groups in total. The van der Waals surface area contributed by atoms with E-state index in [0.29, 0.717) is 37.4 Å². The molecule has 0 spiro atoms. The van der Waals surface area contributed by atoms with Crippen molar-refractivity contribution in [3.05, 3.63) is 23.4 Å². The van der Waals surface area contributed by atoms with Crippen molar-refractivity contribution in [3.8, 4) is 10.7 Å². The standard InChI is InChI=1S/C15H19N3O4S2/c1-15(7-9-24(20,21)10-15)17-12(19)5-2-6-13-16-14(18-22-13)11-4-3-8-23-11/h3-4,8H,2,5-7,9-10H2,1H3,(H,17,19). The number of nitrogens with one attached hydrogen (secondary N) is 1. The molecule has 1 amide bonds. The first-order chi connectivity index (χ1) is 11.4. The van der Waals surface area contributed by atoms with E-state index in [1.54, 1.807) is 6.92 Å². The fraction of sp³-hybridized carbons (Fsp3) is 0.533. The fourth-order valence-corrected chi connectivity index (χ4v) is 5.51. The first-order valence-corrected chi connectivity index (χ1v) is 10.4. The van der Waals surface area contributed by atoms with E-state index in [1.165, 1.54) is 11.3 Å². The van der Waals surface area contributed by atoms with Crippen molar-refractivity contribution in [2.75, 3.05) is 11.5 Å². The molecule has 3 heterocycles. The number of thiophene rings is 1. The molecule has 24 heavy (non-hydrogen) atoms. The Labute approximate surface area is 144 Å². The van der Waals surface area contributed by atoms with Crippen LogP contribution in [0.15, 0.2) is 22.0 Å². The van der Waals surface area contributed by atoms with Gasteiger partial charge < -0.3 is 9.84 Å². The molecule has 1 atom stereocenters. The maximum Gasteiger partial charge on any atom is 0.226 e. The topological polar surface area (TPSA) is 102 Å². The highest BCUT2D eigenvalue weighted by Gasteiger charge is 2.39. The highest BCUT2D eigenvalue weighted by Crippen LogP contribution is 2.23. The van der Waals surface area contributed by atoms with E-state index >= 15 is 0 Å². The van der Waals surface area contributed by atoms with E-state index in [0.717, 1.165) is 4.88 Å². The zero-order chi connectivity index (χ0) is 17.2. The van der Waals surface area contributed by atoms with Crippen LogP contribution < -0.4 is 5.32 Å². The highest BCUT2D eigenvalue weighted by molar-refractivity contribution is 7.91. The Morgan fingerprint density at radius 3 is 3.00 bits per heavy atom. The first-order valence-electron chi connectivity index (χ1n) is 7.73. The summed E-state index contributed by atoms with van der Waals surface area (Å²) >= 11 is 1.54. The summed E-state index contributed by atoms with van der Waals surface area (Å²) < 4.78 is 28.3. The van der Waals surface area contributed by atoms with Gasteiger partial charge in [0.2, 0.25) is 17.6 Å². The van der Waals surface area contributed by atoms with Crippen molar-refractivity contribution in [3.63, 3.8) is 0 Å². The van der Waals surface area contributed by atoms with E-state index in [1.807, 2.05) is 17.5 Å². The van der Waals surface area contributed by atoms with Gasteiger partial charge in [0, 0.05) is 12.8 Å². The SMILES string of the molecule is CC1(NC(=O)CCCc2nc(-c3cccs3)no2)CCS(=O)(=O)C1. The molecule has 0 bridgehead atoms. The van der Waals surface area contributed by atoms with Crippen LogP contribution in [0.4, 0.5) is 0 Å². The zero-order valence-electron chi connectivity index (χ0n) is 13.3. The van der Waals surface area contributed by atoms with Crippen molar-refractivity contribution in [1.82, 2.24) is 15.5 Å². The number of nitrogens with zero attached hydrogens (tertiary/aromatic N) is 2. The first kappa shape index (κ1) is 17.1. The monoisotopic (exact) mass is 369 g/mol. The second-order valence-electron chi connectivity index (χ2n) is 6.29.